The third kappa shape index (κ3) is 4.36. The van der Waals surface area contributed by atoms with Gasteiger partial charge in [-0.15, -0.1) is 0 Å². The van der Waals surface area contributed by atoms with Crippen molar-refractivity contribution in [3.05, 3.63) is 130 Å². The van der Waals surface area contributed by atoms with Gasteiger partial charge in [0, 0.05) is 12.4 Å². The number of aromatic nitrogens is 2. The number of nitrogens with zero attached hydrogens (tertiary/aromatic N) is 2. The number of fused-ring (bicyclic) bond motifs is 4. The molecule has 0 spiro atoms. The van der Waals surface area contributed by atoms with Gasteiger partial charge in [-0.2, -0.15) is 0 Å². The van der Waals surface area contributed by atoms with Gasteiger partial charge in [0.25, 0.3) is 0 Å². The molecule has 196 valence electrons. The molecule has 2 aromatic heterocycles. The molecule has 0 radical (unpaired) electrons. The van der Waals surface area contributed by atoms with Crippen molar-refractivity contribution in [2.75, 3.05) is 0 Å². The molecule has 2 N–H and O–H groups in total. The van der Waals surface area contributed by atoms with E-state index in [9.17, 15) is 10.2 Å². The van der Waals surface area contributed by atoms with Crippen molar-refractivity contribution >= 4 is 0 Å². The van der Waals surface area contributed by atoms with E-state index in [1.807, 2.05) is 48.5 Å². The smallest absolute Gasteiger partial charge is 0.134 e. The fourth-order valence-electron chi connectivity index (χ4n) is 6.15. The summed E-state index contributed by atoms with van der Waals surface area (Å²) < 4.78 is 0. The van der Waals surface area contributed by atoms with Crippen LogP contribution in [0.25, 0.3) is 0 Å². The molecule has 0 saturated heterocycles. The molecule has 38 heavy (non-hydrogen) atoms. The van der Waals surface area contributed by atoms with E-state index in [2.05, 4.69) is 61.9 Å². The Morgan fingerprint density at radius 2 is 0.868 bits per heavy atom. The van der Waals surface area contributed by atoms with Crippen LogP contribution < -0.4 is 0 Å². The van der Waals surface area contributed by atoms with Crippen LogP contribution in [0, 0.1) is 11.8 Å². The second-order valence-corrected chi connectivity index (χ2v) is 11.2. The standard InChI is InChI=1S/2C17H19NO/c2*1-12(2)17(19)15-8-4-3-6-13(15)9-10-14-7-5-11-18-16(14)17/h2*3-8,11-12,19H,9-10H2,1-2H3/t2*17-/m11/s1. The fraction of sp³-hybridized carbons (Fsp3) is 0.353. The molecule has 0 bridgehead atoms. The van der Waals surface area contributed by atoms with Gasteiger partial charge < -0.3 is 10.2 Å². The van der Waals surface area contributed by atoms with Crippen LogP contribution >= 0.6 is 0 Å². The summed E-state index contributed by atoms with van der Waals surface area (Å²) >= 11 is 0. The first-order chi connectivity index (χ1) is 18.3. The first-order valence-electron chi connectivity index (χ1n) is 13.8. The molecule has 0 aliphatic heterocycles. The predicted molar refractivity (Wildman–Crippen MR) is 152 cm³/mol. The van der Waals surface area contributed by atoms with Gasteiger partial charge in [0.1, 0.15) is 11.2 Å². The molecule has 0 saturated carbocycles. The summed E-state index contributed by atoms with van der Waals surface area (Å²) in [5.41, 5.74) is 6.51. The fourth-order valence-corrected chi connectivity index (χ4v) is 6.15. The molecule has 4 aromatic rings. The Labute approximate surface area is 226 Å². The minimum Gasteiger partial charge on any atom is -0.378 e. The van der Waals surface area contributed by atoms with Crippen molar-refractivity contribution in [2.45, 2.75) is 64.6 Å². The Balaban J connectivity index is 0.000000155. The lowest BCUT2D eigenvalue weighted by Gasteiger charge is -2.33. The molecule has 6 rings (SSSR count). The largest absolute Gasteiger partial charge is 0.378 e. The predicted octanol–water partition coefficient (Wildman–Crippen LogP) is 6.14. The highest BCUT2D eigenvalue weighted by atomic mass is 16.3. The van der Waals surface area contributed by atoms with Crippen LogP contribution in [0.2, 0.25) is 0 Å². The number of hydrogen-bond donors (Lipinski definition) is 2. The van der Waals surface area contributed by atoms with Gasteiger partial charge in [0.05, 0.1) is 11.4 Å². The summed E-state index contributed by atoms with van der Waals surface area (Å²) in [7, 11) is 0. The van der Waals surface area contributed by atoms with Crippen molar-refractivity contribution in [3.8, 4) is 0 Å². The molecule has 2 aromatic carbocycles. The van der Waals surface area contributed by atoms with Crippen LogP contribution in [0.15, 0.2) is 85.2 Å². The second-order valence-electron chi connectivity index (χ2n) is 11.2. The highest BCUT2D eigenvalue weighted by Gasteiger charge is 2.42. The topological polar surface area (TPSA) is 66.2 Å². The first kappa shape index (κ1) is 26.3. The van der Waals surface area contributed by atoms with Crippen molar-refractivity contribution < 1.29 is 10.2 Å². The summed E-state index contributed by atoms with van der Waals surface area (Å²) in [5.74, 6) is 0.167. The first-order valence-corrected chi connectivity index (χ1v) is 13.8. The number of rotatable bonds is 2. The van der Waals surface area contributed by atoms with Crippen molar-refractivity contribution in [3.63, 3.8) is 0 Å². The number of benzene rings is 2. The van der Waals surface area contributed by atoms with E-state index in [0.29, 0.717) is 0 Å². The van der Waals surface area contributed by atoms with E-state index >= 15 is 0 Å². The highest BCUT2D eigenvalue weighted by Crippen LogP contribution is 2.42. The molecule has 4 nitrogen and oxygen atoms in total. The molecular formula is C34H38N2O2. The average Bonchev–Trinajstić information content (AvgIpc) is 3.16. The summed E-state index contributed by atoms with van der Waals surface area (Å²) in [6.07, 6.45) is 7.36. The van der Waals surface area contributed by atoms with Crippen LogP contribution in [0.1, 0.15) is 72.5 Å². The van der Waals surface area contributed by atoms with Gasteiger partial charge in [-0.05, 0) is 83.0 Å². The maximum absolute atomic E-state index is 11.4. The SMILES string of the molecule is CC(C)[C@@]1(O)c2ccccc2CCc2cccnc21.CC(C)[C@@]1(O)c2ccccc2CCc2cccnc21. The number of aryl methyl sites for hydroxylation is 4. The average molecular weight is 507 g/mol. The summed E-state index contributed by atoms with van der Waals surface area (Å²) in [4.78, 5) is 9.01. The third-order valence-corrected chi connectivity index (χ3v) is 8.36. The van der Waals surface area contributed by atoms with Crippen molar-refractivity contribution in [2.24, 2.45) is 11.8 Å². The van der Waals surface area contributed by atoms with Crippen LogP contribution in [0.3, 0.4) is 0 Å². The quantitative estimate of drug-likeness (QED) is 0.343. The zero-order valence-corrected chi connectivity index (χ0v) is 22.9. The Hall–Kier alpha value is -3.34. The highest BCUT2D eigenvalue weighted by molar-refractivity contribution is 5.46. The second kappa shape index (κ2) is 10.4. The Morgan fingerprint density at radius 3 is 1.26 bits per heavy atom. The Bertz CT molecular complexity index is 1220. The van der Waals surface area contributed by atoms with Crippen LogP contribution in [0.4, 0.5) is 0 Å². The van der Waals surface area contributed by atoms with Gasteiger partial charge >= 0.3 is 0 Å². The lowest BCUT2D eigenvalue weighted by atomic mass is 9.78. The normalized spacial score (nSPS) is 21.7. The molecular weight excluding hydrogens is 468 g/mol. The monoisotopic (exact) mass is 506 g/mol. The van der Waals surface area contributed by atoms with E-state index in [4.69, 9.17) is 0 Å². The third-order valence-electron chi connectivity index (χ3n) is 8.36. The number of aliphatic hydroxyl groups is 2. The van der Waals surface area contributed by atoms with Crippen molar-refractivity contribution in [1.29, 1.82) is 0 Å². The van der Waals surface area contributed by atoms with Crippen molar-refractivity contribution in [1.82, 2.24) is 9.97 Å². The van der Waals surface area contributed by atoms with Gasteiger partial charge in [-0.3, -0.25) is 9.97 Å². The van der Waals surface area contributed by atoms with E-state index in [0.717, 1.165) is 59.3 Å². The van der Waals surface area contributed by atoms with E-state index in [1.165, 1.54) is 11.1 Å². The zero-order valence-electron chi connectivity index (χ0n) is 22.9. The van der Waals surface area contributed by atoms with Crippen LogP contribution in [-0.2, 0) is 36.9 Å². The van der Waals surface area contributed by atoms with E-state index < -0.39 is 11.2 Å². The summed E-state index contributed by atoms with van der Waals surface area (Å²) in [6, 6.07) is 24.5. The maximum Gasteiger partial charge on any atom is 0.134 e. The lowest BCUT2D eigenvalue weighted by Crippen LogP contribution is -2.35. The molecule has 2 atom stereocenters. The molecule has 2 heterocycles. The van der Waals surface area contributed by atoms with Gasteiger partial charge in [0.15, 0.2) is 0 Å². The zero-order chi connectivity index (χ0) is 26.9. The van der Waals surface area contributed by atoms with E-state index in [1.54, 1.807) is 12.4 Å². The van der Waals surface area contributed by atoms with Crippen LogP contribution in [0.5, 0.6) is 0 Å². The minimum absolute atomic E-state index is 0.0837. The minimum atomic E-state index is -0.982. The molecule has 0 amide bonds. The lowest BCUT2D eigenvalue weighted by molar-refractivity contribution is 0.0268. The molecule has 2 aliphatic rings. The Morgan fingerprint density at radius 1 is 0.526 bits per heavy atom. The summed E-state index contributed by atoms with van der Waals surface area (Å²) in [5, 5.41) is 22.7. The molecule has 4 heteroatoms. The number of hydrogen-bond acceptors (Lipinski definition) is 4. The van der Waals surface area contributed by atoms with Crippen LogP contribution in [-0.4, -0.2) is 20.2 Å². The Kier molecular flexibility index (Phi) is 7.21. The van der Waals surface area contributed by atoms with E-state index in [-0.39, 0.29) is 11.8 Å². The maximum atomic E-state index is 11.4. The van der Waals surface area contributed by atoms with Gasteiger partial charge in [0.2, 0.25) is 0 Å². The van der Waals surface area contributed by atoms with Gasteiger partial charge in [-0.25, -0.2) is 0 Å². The molecule has 0 fully saturated rings. The van der Waals surface area contributed by atoms with Gasteiger partial charge in [-0.1, -0.05) is 88.4 Å². The molecule has 2 aliphatic carbocycles. The summed E-state index contributed by atoms with van der Waals surface area (Å²) in [6.45, 7) is 8.22. The molecule has 0 unspecified atom stereocenters. The number of pyridine rings is 2.